The Morgan fingerprint density at radius 2 is 2.15 bits per heavy atom. The van der Waals surface area contributed by atoms with Crippen molar-refractivity contribution in [3.05, 3.63) is 53.9 Å². The highest BCUT2D eigenvalue weighted by Crippen LogP contribution is 2.20. The fourth-order valence-corrected chi connectivity index (χ4v) is 1.86. The third kappa shape index (κ3) is 3.06. The fourth-order valence-electron chi connectivity index (χ4n) is 1.86. The van der Waals surface area contributed by atoms with Crippen LogP contribution in [0.15, 0.2) is 42.6 Å². The zero-order valence-electron chi connectivity index (χ0n) is 11.5. The highest BCUT2D eigenvalue weighted by atomic mass is 16.5. The second-order valence-electron chi connectivity index (χ2n) is 4.40. The van der Waals surface area contributed by atoms with Crippen LogP contribution < -0.4 is 15.8 Å². The first-order valence-corrected chi connectivity index (χ1v) is 6.27. The lowest BCUT2D eigenvalue weighted by molar-refractivity contribution is 0.0940. The predicted molar refractivity (Wildman–Crippen MR) is 77.5 cm³/mol. The molecule has 0 radical (unpaired) electrons. The van der Waals surface area contributed by atoms with E-state index in [2.05, 4.69) is 10.3 Å². The highest BCUT2D eigenvalue weighted by molar-refractivity contribution is 5.99. The van der Waals surface area contributed by atoms with Gasteiger partial charge in [-0.25, -0.2) is 0 Å². The van der Waals surface area contributed by atoms with E-state index in [1.807, 2.05) is 25.1 Å². The molecule has 1 aromatic heterocycles. The van der Waals surface area contributed by atoms with Crippen LogP contribution in [-0.4, -0.2) is 18.0 Å². The van der Waals surface area contributed by atoms with Crippen molar-refractivity contribution in [2.24, 2.45) is 0 Å². The Balaban J connectivity index is 2.12. The van der Waals surface area contributed by atoms with Gasteiger partial charge in [0.2, 0.25) is 0 Å². The molecule has 2 aromatic rings. The van der Waals surface area contributed by atoms with E-state index in [1.165, 1.54) is 0 Å². The summed E-state index contributed by atoms with van der Waals surface area (Å²) in [5, 5.41) is 2.87. The van der Waals surface area contributed by atoms with E-state index >= 15 is 0 Å². The summed E-state index contributed by atoms with van der Waals surface area (Å²) in [6.45, 7) is 1.87. The molecule has 0 bridgehead atoms. The molecule has 0 unspecified atom stereocenters. The molecule has 0 saturated carbocycles. The maximum absolute atomic E-state index is 12.2. The van der Waals surface area contributed by atoms with Gasteiger partial charge in [0.15, 0.2) is 0 Å². The average molecular weight is 271 g/mol. The van der Waals surface area contributed by atoms with Gasteiger partial charge in [-0.15, -0.1) is 0 Å². The Labute approximate surface area is 117 Å². The molecule has 0 aliphatic rings. The second kappa shape index (κ2) is 6.06. The minimum absolute atomic E-state index is 0.190. The smallest absolute Gasteiger partial charge is 0.253 e. The average Bonchev–Trinajstić information content (AvgIpc) is 2.47. The number of nitrogens with two attached hydrogens (primary N) is 1. The predicted octanol–water partition coefficient (Wildman–Crippen LogP) is 2.16. The van der Waals surface area contributed by atoms with E-state index in [0.29, 0.717) is 17.0 Å². The van der Waals surface area contributed by atoms with Crippen LogP contribution >= 0.6 is 0 Å². The molecular formula is C15H17N3O2. The number of ether oxygens (including phenoxy) is 1. The molecule has 5 nitrogen and oxygen atoms in total. The number of rotatable bonds is 4. The molecule has 3 N–H and O–H groups in total. The van der Waals surface area contributed by atoms with Crippen LogP contribution in [-0.2, 0) is 0 Å². The van der Waals surface area contributed by atoms with Gasteiger partial charge in [0.05, 0.1) is 24.4 Å². The quantitative estimate of drug-likeness (QED) is 0.835. The fraction of sp³-hybridized carbons (Fsp3) is 0.200. The van der Waals surface area contributed by atoms with Gasteiger partial charge in [-0.2, -0.15) is 0 Å². The van der Waals surface area contributed by atoms with Crippen LogP contribution in [0.25, 0.3) is 0 Å². The Kier molecular flexibility index (Phi) is 4.20. The Hall–Kier alpha value is -2.56. The molecule has 1 atom stereocenters. The number of amides is 1. The van der Waals surface area contributed by atoms with E-state index in [-0.39, 0.29) is 11.9 Å². The Morgan fingerprint density at radius 1 is 1.35 bits per heavy atom. The highest BCUT2D eigenvalue weighted by Gasteiger charge is 2.14. The molecule has 2 rings (SSSR count). The molecule has 0 saturated heterocycles. The number of pyridine rings is 1. The monoisotopic (exact) mass is 271 g/mol. The first kappa shape index (κ1) is 13.9. The van der Waals surface area contributed by atoms with Crippen molar-refractivity contribution in [2.45, 2.75) is 13.0 Å². The number of carbonyl (C=O) groups is 1. The summed E-state index contributed by atoms with van der Waals surface area (Å²) in [6.07, 6.45) is 1.69. The molecule has 1 heterocycles. The molecule has 0 aliphatic carbocycles. The molecule has 104 valence electrons. The lowest BCUT2D eigenvalue weighted by Crippen LogP contribution is -2.27. The first-order valence-electron chi connectivity index (χ1n) is 6.27. The normalized spacial score (nSPS) is 11.7. The molecule has 0 fully saturated rings. The van der Waals surface area contributed by atoms with E-state index < -0.39 is 0 Å². The summed E-state index contributed by atoms with van der Waals surface area (Å²) in [4.78, 5) is 16.4. The largest absolute Gasteiger partial charge is 0.497 e. The maximum atomic E-state index is 12.2. The molecular weight excluding hydrogens is 254 g/mol. The molecule has 5 heteroatoms. The number of nitrogens with zero attached hydrogens (tertiary/aromatic N) is 1. The van der Waals surface area contributed by atoms with Crippen LogP contribution in [0.1, 0.15) is 29.0 Å². The minimum atomic E-state index is -0.233. The zero-order valence-corrected chi connectivity index (χ0v) is 11.5. The van der Waals surface area contributed by atoms with Crippen LogP contribution in [0.2, 0.25) is 0 Å². The van der Waals surface area contributed by atoms with Crippen LogP contribution in [0.5, 0.6) is 5.75 Å². The topological polar surface area (TPSA) is 77.2 Å². The summed E-state index contributed by atoms with van der Waals surface area (Å²) < 4.78 is 5.06. The second-order valence-corrected chi connectivity index (χ2v) is 4.40. The van der Waals surface area contributed by atoms with Crippen molar-refractivity contribution in [1.29, 1.82) is 0 Å². The minimum Gasteiger partial charge on any atom is -0.497 e. The van der Waals surface area contributed by atoms with Gasteiger partial charge < -0.3 is 15.8 Å². The van der Waals surface area contributed by atoms with Gasteiger partial charge in [-0.05, 0) is 31.2 Å². The van der Waals surface area contributed by atoms with Gasteiger partial charge in [0.1, 0.15) is 5.75 Å². The lowest BCUT2D eigenvalue weighted by Gasteiger charge is -2.14. The van der Waals surface area contributed by atoms with E-state index in [0.717, 1.165) is 5.69 Å². The Bertz CT molecular complexity index is 599. The van der Waals surface area contributed by atoms with Gasteiger partial charge in [-0.3, -0.25) is 9.78 Å². The van der Waals surface area contributed by atoms with Crippen LogP contribution in [0.4, 0.5) is 5.69 Å². The SMILES string of the molecule is COc1ccc(C(=O)N[C@H](C)c2ccccn2)c(N)c1. The summed E-state index contributed by atoms with van der Waals surface area (Å²) in [5.74, 6) is 0.389. The van der Waals surface area contributed by atoms with Gasteiger partial charge in [-0.1, -0.05) is 6.07 Å². The molecule has 1 amide bonds. The lowest BCUT2D eigenvalue weighted by atomic mass is 10.1. The third-order valence-electron chi connectivity index (χ3n) is 2.98. The van der Waals surface area contributed by atoms with Gasteiger partial charge in [0, 0.05) is 18.0 Å². The van der Waals surface area contributed by atoms with Gasteiger partial charge in [0.25, 0.3) is 5.91 Å². The summed E-state index contributed by atoms with van der Waals surface area (Å²) in [6, 6.07) is 10.4. The van der Waals surface area contributed by atoms with Gasteiger partial charge >= 0.3 is 0 Å². The molecule has 0 spiro atoms. The standard InChI is InChI=1S/C15H17N3O2/c1-10(14-5-3-4-8-17-14)18-15(19)12-7-6-11(20-2)9-13(12)16/h3-10H,16H2,1-2H3,(H,18,19)/t10-/m1/s1. The Morgan fingerprint density at radius 3 is 2.75 bits per heavy atom. The summed E-state index contributed by atoms with van der Waals surface area (Å²) in [7, 11) is 1.55. The number of benzene rings is 1. The number of aromatic nitrogens is 1. The van der Waals surface area contributed by atoms with Crippen molar-refractivity contribution in [1.82, 2.24) is 10.3 Å². The first-order chi connectivity index (χ1) is 9.61. The molecule has 1 aromatic carbocycles. The van der Waals surface area contributed by atoms with E-state index in [4.69, 9.17) is 10.5 Å². The number of hydrogen-bond acceptors (Lipinski definition) is 4. The number of nitrogens with one attached hydrogen (secondary N) is 1. The maximum Gasteiger partial charge on any atom is 0.253 e. The van der Waals surface area contributed by atoms with E-state index in [1.54, 1.807) is 31.5 Å². The number of methoxy groups -OCH3 is 1. The molecule has 20 heavy (non-hydrogen) atoms. The van der Waals surface area contributed by atoms with Crippen molar-refractivity contribution >= 4 is 11.6 Å². The zero-order chi connectivity index (χ0) is 14.5. The van der Waals surface area contributed by atoms with Crippen molar-refractivity contribution in [2.75, 3.05) is 12.8 Å². The third-order valence-corrected chi connectivity index (χ3v) is 2.98. The summed E-state index contributed by atoms with van der Waals surface area (Å²) >= 11 is 0. The van der Waals surface area contributed by atoms with Crippen molar-refractivity contribution in [3.63, 3.8) is 0 Å². The number of nitrogen functional groups attached to an aromatic ring is 1. The van der Waals surface area contributed by atoms with Crippen LogP contribution in [0, 0.1) is 0 Å². The number of carbonyl (C=O) groups excluding carboxylic acids is 1. The number of anilines is 1. The number of hydrogen-bond donors (Lipinski definition) is 2. The summed E-state index contributed by atoms with van der Waals surface area (Å²) in [5.41, 5.74) is 7.46. The van der Waals surface area contributed by atoms with Crippen LogP contribution in [0.3, 0.4) is 0 Å². The van der Waals surface area contributed by atoms with Crippen molar-refractivity contribution in [3.8, 4) is 5.75 Å². The van der Waals surface area contributed by atoms with Crippen molar-refractivity contribution < 1.29 is 9.53 Å². The van der Waals surface area contributed by atoms with E-state index in [9.17, 15) is 4.79 Å². The molecule has 0 aliphatic heterocycles.